The molecule has 0 amide bonds. The second kappa shape index (κ2) is 7.87. The highest BCUT2D eigenvalue weighted by molar-refractivity contribution is 7.92. The van der Waals surface area contributed by atoms with Gasteiger partial charge in [-0.15, -0.1) is 0 Å². The minimum Gasteiger partial charge on any atom is -0.481 e. The lowest BCUT2D eigenvalue weighted by Gasteiger charge is -2.06. The summed E-state index contributed by atoms with van der Waals surface area (Å²) in [5, 5.41) is 8.50. The number of hydrogen-bond acceptors (Lipinski definition) is 3. The number of hydrogen-bond donors (Lipinski definition) is 2. The second-order valence-corrected chi connectivity index (χ2v) is 5.75. The Morgan fingerprint density at radius 3 is 2.17 bits per heavy atom. The van der Waals surface area contributed by atoms with E-state index in [9.17, 15) is 9.00 Å². The Morgan fingerprint density at radius 1 is 1.28 bits per heavy atom. The van der Waals surface area contributed by atoms with Crippen molar-refractivity contribution in [3.05, 3.63) is 29.8 Å². The van der Waals surface area contributed by atoms with E-state index in [4.69, 9.17) is 9.89 Å². The topological polar surface area (TPSA) is 78.2 Å². The molecule has 0 spiro atoms. The Hall–Kier alpha value is -1.36. The van der Waals surface area contributed by atoms with Gasteiger partial charge in [0, 0.05) is 10.6 Å². The number of aryl methyl sites for hydroxylation is 1. The summed E-state index contributed by atoms with van der Waals surface area (Å²) >= 11 is 0. The molecule has 1 unspecified atom stereocenters. The molecule has 1 rings (SSSR count). The monoisotopic (exact) mass is 271 g/mol. The maximum absolute atomic E-state index is 11.9. The molecular formula is C13H21NO3S. The van der Waals surface area contributed by atoms with Crippen molar-refractivity contribution in [1.82, 2.24) is 0 Å². The molecular weight excluding hydrogens is 250 g/mol. The summed E-state index contributed by atoms with van der Waals surface area (Å²) in [4.78, 5) is 10.8. The van der Waals surface area contributed by atoms with Gasteiger partial charge in [-0.1, -0.05) is 32.9 Å². The van der Waals surface area contributed by atoms with Gasteiger partial charge < -0.3 is 5.11 Å². The van der Waals surface area contributed by atoms with Crippen LogP contribution in [0.25, 0.3) is 0 Å². The number of carboxylic acids is 1. The molecule has 18 heavy (non-hydrogen) atoms. The van der Waals surface area contributed by atoms with Crippen LogP contribution >= 0.6 is 0 Å². The maximum atomic E-state index is 11.9. The van der Waals surface area contributed by atoms with Crippen molar-refractivity contribution in [3.63, 3.8) is 0 Å². The Labute approximate surface area is 109 Å². The normalized spacial score (nSPS) is 13.1. The molecule has 0 aromatic heterocycles. The molecule has 2 N–H and O–H groups in total. The van der Waals surface area contributed by atoms with Crippen molar-refractivity contribution in [2.24, 2.45) is 0 Å². The summed E-state index contributed by atoms with van der Waals surface area (Å²) in [6, 6.07) is 6.95. The molecule has 5 heteroatoms. The fourth-order valence-corrected chi connectivity index (χ4v) is 2.57. The first-order chi connectivity index (χ1) is 8.45. The van der Waals surface area contributed by atoms with E-state index in [0.717, 1.165) is 12.0 Å². The molecule has 0 bridgehead atoms. The van der Waals surface area contributed by atoms with Crippen molar-refractivity contribution >= 4 is 15.7 Å². The molecule has 4 nitrogen and oxygen atoms in total. The van der Waals surface area contributed by atoms with Crippen LogP contribution in [-0.2, 0) is 20.9 Å². The second-order valence-electron chi connectivity index (χ2n) is 3.52. The van der Waals surface area contributed by atoms with Crippen molar-refractivity contribution < 1.29 is 14.1 Å². The standard InChI is InChI=1S/C11H15NO3S.C2H6/c1-2-9-3-5-10(6-4-9)16(12,15)8-7-11(13)14;1-2/h3-6,12H,2,7-8H2,1H3,(H,13,14);1-2H3. The lowest BCUT2D eigenvalue weighted by Crippen LogP contribution is -2.09. The third kappa shape index (κ3) is 5.31. The molecule has 0 saturated carbocycles. The van der Waals surface area contributed by atoms with Gasteiger partial charge in [-0.25, -0.2) is 8.99 Å². The molecule has 1 atom stereocenters. The molecule has 0 aliphatic carbocycles. The predicted molar refractivity (Wildman–Crippen MR) is 73.4 cm³/mol. The number of aliphatic carboxylic acids is 1. The number of carboxylic acid groups (broad SMARTS) is 1. The quantitative estimate of drug-likeness (QED) is 0.863. The third-order valence-corrected chi connectivity index (χ3v) is 4.13. The zero-order valence-corrected chi connectivity index (χ0v) is 11.9. The van der Waals surface area contributed by atoms with Crippen LogP contribution in [0.4, 0.5) is 0 Å². The van der Waals surface area contributed by atoms with Crippen molar-refractivity contribution in [3.8, 4) is 0 Å². The van der Waals surface area contributed by atoms with Gasteiger partial charge in [0.25, 0.3) is 0 Å². The summed E-state index contributed by atoms with van der Waals surface area (Å²) in [5.74, 6) is -1.15. The van der Waals surface area contributed by atoms with E-state index >= 15 is 0 Å². The zero-order valence-electron chi connectivity index (χ0n) is 11.1. The maximum Gasteiger partial charge on any atom is 0.304 e. The Morgan fingerprint density at radius 2 is 1.78 bits per heavy atom. The van der Waals surface area contributed by atoms with E-state index in [1.165, 1.54) is 0 Å². The summed E-state index contributed by atoms with van der Waals surface area (Å²) in [6.07, 6.45) is 0.645. The fraction of sp³-hybridized carbons (Fsp3) is 0.462. The summed E-state index contributed by atoms with van der Waals surface area (Å²) in [5.41, 5.74) is 1.11. The highest BCUT2D eigenvalue weighted by Gasteiger charge is 2.11. The minimum absolute atomic E-state index is 0.131. The number of nitrogens with one attached hydrogen (secondary N) is 1. The summed E-state index contributed by atoms with van der Waals surface area (Å²) in [6.45, 7) is 6.01. The van der Waals surface area contributed by atoms with E-state index in [1.54, 1.807) is 12.1 Å². The van der Waals surface area contributed by atoms with Crippen molar-refractivity contribution in [2.45, 2.75) is 38.5 Å². The van der Waals surface area contributed by atoms with E-state index in [1.807, 2.05) is 32.9 Å². The Balaban J connectivity index is 0.00000137. The van der Waals surface area contributed by atoms with E-state index in [2.05, 4.69) is 0 Å². The van der Waals surface area contributed by atoms with Crippen LogP contribution in [-0.4, -0.2) is 21.0 Å². The number of carbonyl (C=O) groups is 1. The predicted octanol–water partition coefficient (Wildman–Crippen LogP) is 3.16. The fourth-order valence-electron chi connectivity index (χ4n) is 1.29. The number of benzene rings is 1. The summed E-state index contributed by atoms with van der Waals surface area (Å²) in [7, 11) is -2.96. The first-order valence-electron chi connectivity index (χ1n) is 6.03. The Kier molecular flexibility index (Phi) is 7.27. The third-order valence-electron chi connectivity index (χ3n) is 2.32. The van der Waals surface area contributed by atoms with Crippen LogP contribution in [0, 0.1) is 4.78 Å². The van der Waals surface area contributed by atoms with Crippen LogP contribution in [0.1, 0.15) is 32.8 Å². The SMILES string of the molecule is CC.CCc1ccc(S(=N)(=O)CCC(=O)O)cc1. The average Bonchev–Trinajstić information content (AvgIpc) is 2.39. The largest absolute Gasteiger partial charge is 0.481 e. The van der Waals surface area contributed by atoms with Gasteiger partial charge in [0.15, 0.2) is 0 Å². The molecule has 0 fully saturated rings. The van der Waals surface area contributed by atoms with Gasteiger partial charge in [-0.2, -0.15) is 0 Å². The molecule has 0 radical (unpaired) electrons. The zero-order chi connectivity index (χ0) is 14.2. The van der Waals surface area contributed by atoms with Gasteiger partial charge in [-0.05, 0) is 24.1 Å². The van der Waals surface area contributed by atoms with Crippen LogP contribution in [0.15, 0.2) is 29.2 Å². The molecule has 102 valence electrons. The highest BCUT2D eigenvalue weighted by Crippen LogP contribution is 2.14. The van der Waals surface area contributed by atoms with E-state index in [0.29, 0.717) is 4.90 Å². The summed E-state index contributed by atoms with van der Waals surface area (Å²) < 4.78 is 19.5. The van der Waals surface area contributed by atoms with E-state index in [-0.39, 0.29) is 12.2 Å². The molecule has 0 heterocycles. The average molecular weight is 271 g/mol. The minimum atomic E-state index is -2.96. The van der Waals surface area contributed by atoms with Crippen molar-refractivity contribution in [2.75, 3.05) is 5.75 Å². The van der Waals surface area contributed by atoms with Gasteiger partial charge in [0.2, 0.25) is 0 Å². The van der Waals surface area contributed by atoms with E-state index < -0.39 is 15.7 Å². The van der Waals surface area contributed by atoms with Gasteiger partial charge in [0.1, 0.15) is 0 Å². The molecule has 0 saturated heterocycles. The van der Waals surface area contributed by atoms with Crippen LogP contribution in [0.3, 0.4) is 0 Å². The van der Waals surface area contributed by atoms with Gasteiger partial charge in [0.05, 0.1) is 16.1 Å². The first-order valence-corrected chi connectivity index (χ1v) is 7.75. The van der Waals surface area contributed by atoms with Crippen LogP contribution in [0.2, 0.25) is 0 Å². The first kappa shape index (κ1) is 16.6. The Bertz CT molecular complexity index is 464. The van der Waals surface area contributed by atoms with Gasteiger partial charge in [-0.3, -0.25) is 4.79 Å². The van der Waals surface area contributed by atoms with Gasteiger partial charge >= 0.3 is 5.97 Å². The molecule has 1 aromatic rings. The molecule has 0 aliphatic rings. The van der Waals surface area contributed by atoms with Crippen molar-refractivity contribution in [1.29, 1.82) is 4.78 Å². The molecule has 0 aliphatic heterocycles. The molecule has 1 aromatic carbocycles. The van der Waals surface area contributed by atoms with Crippen LogP contribution < -0.4 is 0 Å². The smallest absolute Gasteiger partial charge is 0.304 e. The number of rotatable bonds is 5. The highest BCUT2D eigenvalue weighted by atomic mass is 32.2. The lowest BCUT2D eigenvalue weighted by atomic mass is 10.2. The van der Waals surface area contributed by atoms with Crippen LogP contribution in [0.5, 0.6) is 0 Å². The lowest BCUT2D eigenvalue weighted by molar-refractivity contribution is -0.136.